The van der Waals surface area contributed by atoms with Gasteiger partial charge in [-0.05, 0) is 36.5 Å². The lowest BCUT2D eigenvalue weighted by Crippen LogP contribution is -2.24. The van der Waals surface area contributed by atoms with Crippen LogP contribution in [0.5, 0.6) is 0 Å². The lowest BCUT2D eigenvalue weighted by molar-refractivity contribution is 0.0953. The van der Waals surface area contributed by atoms with Gasteiger partial charge in [-0.25, -0.2) is 0 Å². The summed E-state index contributed by atoms with van der Waals surface area (Å²) in [5, 5.41) is 3.91. The Morgan fingerprint density at radius 2 is 1.88 bits per heavy atom. The Hall–Kier alpha value is -0.830. The fourth-order valence-electron chi connectivity index (χ4n) is 1.54. The molecule has 94 valence electrons. The average molecular weight is 298 g/mol. The maximum atomic E-state index is 11.8. The number of amides is 1. The molecular weight excluding hydrogens is 278 g/mol. The minimum Gasteiger partial charge on any atom is -0.352 e. The Balaban J connectivity index is 2.46. The highest BCUT2D eigenvalue weighted by atomic mass is 79.9. The fourth-order valence-corrected chi connectivity index (χ4v) is 1.94. The summed E-state index contributed by atoms with van der Waals surface area (Å²) in [4.78, 5) is 11.8. The van der Waals surface area contributed by atoms with Crippen LogP contribution < -0.4 is 5.32 Å². The predicted octanol–water partition coefficient (Wildman–Crippen LogP) is 3.71. The van der Waals surface area contributed by atoms with Gasteiger partial charge in [0.25, 0.3) is 5.91 Å². The van der Waals surface area contributed by atoms with Gasteiger partial charge in [0, 0.05) is 17.4 Å². The minimum atomic E-state index is 0.0230. The zero-order valence-electron chi connectivity index (χ0n) is 10.5. The quantitative estimate of drug-likeness (QED) is 0.629. The molecule has 0 unspecified atom stereocenters. The number of halogens is 1. The van der Waals surface area contributed by atoms with Gasteiger partial charge < -0.3 is 5.32 Å². The van der Waals surface area contributed by atoms with Gasteiger partial charge >= 0.3 is 0 Å². The number of benzene rings is 1. The first-order valence-corrected chi connectivity index (χ1v) is 7.21. The van der Waals surface area contributed by atoms with E-state index in [1.165, 1.54) is 5.56 Å². The van der Waals surface area contributed by atoms with Crippen LogP contribution in [0.4, 0.5) is 0 Å². The van der Waals surface area contributed by atoms with Crippen molar-refractivity contribution in [2.75, 3.05) is 11.9 Å². The highest BCUT2D eigenvalue weighted by Crippen LogP contribution is 2.14. The van der Waals surface area contributed by atoms with Crippen LogP contribution in [0.3, 0.4) is 0 Å². The smallest absolute Gasteiger partial charge is 0.251 e. The highest BCUT2D eigenvalue weighted by molar-refractivity contribution is 9.09. The van der Waals surface area contributed by atoms with Gasteiger partial charge in [-0.1, -0.05) is 41.9 Å². The molecule has 0 saturated heterocycles. The molecule has 0 aromatic heterocycles. The van der Waals surface area contributed by atoms with Crippen LogP contribution in [0.15, 0.2) is 24.3 Å². The first-order chi connectivity index (χ1) is 8.15. The average Bonchev–Trinajstić information content (AvgIpc) is 2.34. The molecule has 1 rings (SSSR count). The number of unbranched alkanes of at least 4 members (excludes halogenated alkanes) is 1. The van der Waals surface area contributed by atoms with E-state index in [-0.39, 0.29) is 5.91 Å². The monoisotopic (exact) mass is 297 g/mol. The van der Waals surface area contributed by atoms with Crippen molar-refractivity contribution in [2.24, 2.45) is 0 Å². The van der Waals surface area contributed by atoms with Gasteiger partial charge in [0.2, 0.25) is 0 Å². The van der Waals surface area contributed by atoms with Gasteiger partial charge in [-0.15, -0.1) is 0 Å². The van der Waals surface area contributed by atoms with Gasteiger partial charge in [0.15, 0.2) is 0 Å². The van der Waals surface area contributed by atoms with E-state index in [4.69, 9.17) is 0 Å². The number of carbonyl (C=O) groups is 1. The van der Waals surface area contributed by atoms with Crippen molar-refractivity contribution >= 4 is 21.8 Å². The summed E-state index contributed by atoms with van der Waals surface area (Å²) in [7, 11) is 0. The number of carbonyl (C=O) groups excluding carboxylic acids is 1. The maximum Gasteiger partial charge on any atom is 0.251 e. The molecule has 0 spiro atoms. The van der Waals surface area contributed by atoms with Crippen molar-refractivity contribution in [3.05, 3.63) is 35.4 Å². The summed E-state index contributed by atoms with van der Waals surface area (Å²) in [5.41, 5.74) is 2.01. The summed E-state index contributed by atoms with van der Waals surface area (Å²) in [5.74, 6) is 0.529. The second-order valence-electron chi connectivity index (χ2n) is 4.43. The van der Waals surface area contributed by atoms with Gasteiger partial charge in [-0.3, -0.25) is 4.79 Å². The second kappa shape index (κ2) is 7.49. The molecule has 0 aliphatic carbocycles. The standard InChI is InChI=1S/C14H20BrNO/c1-11(2)12-5-7-13(8-6-12)14(17)16-10-4-3-9-15/h5-8,11H,3-4,9-10H2,1-2H3,(H,16,17). The van der Waals surface area contributed by atoms with Crippen LogP contribution in [0.25, 0.3) is 0 Å². The first kappa shape index (κ1) is 14.2. The number of alkyl halides is 1. The van der Waals surface area contributed by atoms with Crippen LogP contribution in [0.1, 0.15) is 48.5 Å². The third-order valence-corrected chi connectivity index (χ3v) is 3.25. The van der Waals surface area contributed by atoms with Gasteiger partial charge in [0.05, 0.1) is 0 Å². The Morgan fingerprint density at radius 1 is 1.24 bits per heavy atom. The molecule has 0 radical (unpaired) electrons. The van der Waals surface area contributed by atoms with Crippen molar-refractivity contribution in [3.63, 3.8) is 0 Å². The molecule has 1 aromatic rings. The van der Waals surface area contributed by atoms with Crippen molar-refractivity contribution in [1.29, 1.82) is 0 Å². The number of hydrogen-bond acceptors (Lipinski definition) is 1. The highest BCUT2D eigenvalue weighted by Gasteiger charge is 2.05. The first-order valence-electron chi connectivity index (χ1n) is 6.09. The molecule has 0 bridgehead atoms. The van der Waals surface area contributed by atoms with Crippen LogP contribution in [-0.2, 0) is 0 Å². The number of nitrogens with one attached hydrogen (secondary N) is 1. The molecule has 1 amide bonds. The Bertz CT molecular complexity index is 346. The van der Waals surface area contributed by atoms with Crippen LogP contribution in [-0.4, -0.2) is 17.8 Å². The Kier molecular flexibility index (Phi) is 6.27. The lowest BCUT2D eigenvalue weighted by atomic mass is 10.0. The summed E-state index contributed by atoms with van der Waals surface area (Å²) in [6, 6.07) is 7.85. The molecule has 17 heavy (non-hydrogen) atoms. The summed E-state index contributed by atoms with van der Waals surface area (Å²) >= 11 is 3.37. The lowest BCUT2D eigenvalue weighted by Gasteiger charge is -2.07. The molecule has 0 fully saturated rings. The molecule has 0 aliphatic rings. The maximum absolute atomic E-state index is 11.8. The molecule has 0 atom stereocenters. The minimum absolute atomic E-state index is 0.0230. The predicted molar refractivity (Wildman–Crippen MR) is 75.9 cm³/mol. The second-order valence-corrected chi connectivity index (χ2v) is 5.22. The molecular formula is C14H20BrNO. The number of hydrogen-bond donors (Lipinski definition) is 1. The zero-order valence-corrected chi connectivity index (χ0v) is 12.1. The van der Waals surface area contributed by atoms with Gasteiger partial charge in [-0.2, -0.15) is 0 Å². The van der Waals surface area contributed by atoms with E-state index in [1.54, 1.807) is 0 Å². The SMILES string of the molecule is CC(C)c1ccc(C(=O)NCCCCBr)cc1. The molecule has 1 aromatic carbocycles. The van der Waals surface area contributed by atoms with E-state index in [1.807, 2.05) is 24.3 Å². The van der Waals surface area contributed by atoms with Crippen molar-refractivity contribution in [2.45, 2.75) is 32.6 Å². The molecule has 0 saturated carbocycles. The topological polar surface area (TPSA) is 29.1 Å². The zero-order chi connectivity index (χ0) is 12.7. The van der Waals surface area contributed by atoms with E-state index in [9.17, 15) is 4.79 Å². The molecule has 1 N–H and O–H groups in total. The van der Waals surface area contributed by atoms with E-state index >= 15 is 0 Å². The van der Waals surface area contributed by atoms with E-state index < -0.39 is 0 Å². The third kappa shape index (κ3) is 4.90. The number of rotatable bonds is 6. The normalized spacial score (nSPS) is 10.6. The van der Waals surface area contributed by atoms with Crippen LogP contribution in [0.2, 0.25) is 0 Å². The molecule has 3 heteroatoms. The van der Waals surface area contributed by atoms with Crippen molar-refractivity contribution < 1.29 is 4.79 Å². The molecule has 0 aliphatic heterocycles. The van der Waals surface area contributed by atoms with E-state index in [2.05, 4.69) is 35.1 Å². The summed E-state index contributed by atoms with van der Waals surface area (Å²) in [6.45, 7) is 5.04. The van der Waals surface area contributed by atoms with Crippen molar-refractivity contribution in [1.82, 2.24) is 5.32 Å². The Labute approximate surface area is 112 Å². The van der Waals surface area contributed by atoms with E-state index in [0.717, 1.165) is 30.3 Å². The van der Waals surface area contributed by atoms with Crippen LogP contribution in [0, 0.1) is 0 Å². The molecule has 0 heterocycles. The van der Waals surface area contributed by atoms with Crippen LogP contribution >= 0.6 is 15.9 Å². The summed E-state index contributed by atoms with van der Waals surface area (Å²) < 4.78 is 0. The third-order valence-electron chi connectivity index (χ3n) is 2.69. The summed E-state index contributed by atoms with van der Waals surface area (Å²) in [6.07, 6.45) is 2.10. The Morgan fingerprint density at radius 3 is 2.41 bits per heavy atom. The van der Waals surface area contributed by atoms with E-state index in [0.29, 0.717) is 5.92 Å². The largest absolute Gasteiger partial charge is 0.352 e. The van der Waals surface area contributed by atoms with Crippen molar-refractivity contribution in [3.8, 4) is 0 Å². The van der Waals surface area contributed by atoms with Gasteiger partial charge in [0.1, 0.15) is 0 Å². The fraction of sp³-hybridized carbons (Fsp3) is 0.500. The molecule has 2 nitrogen and oxygen atoms in total.